The van der Waals surface area contributed by atoms with Crippen LogP contribution >= 0.6 is 0 Å². The Morgan fingerprint density at radius 2 is 2.29 bits per heavy atom. The van der Waals surface area contributed by atoms with E-state index in [1.807, 2.05) is 0 Å². The summed E-state index contributed by atoms with van der Waals surface area (Å²) in [6.45, 7) is 2.51. The summed E-state index contributed by atoms with van der Waals surface area (Å²) in [6, 6.07) is 3.81. The van der Waals surface area contributed by atoms with Crippen molar-refractivity contribution in [3.8, 4) is 6.07 Å². The van der Waals surface area contributed by atoms with Gasteiger partial charge in [-0.15, -0.1) is 0 Å². The molecule has 2 heterocycles. The number of hydrogen-bond donors (Lipinski definition) is 2. The van der Waals surface area contributed by atoms with Gasteiger partial charge in [0.25, 0.3) is 0 Å². The number of hydrogen-bond acceptors (Lipinski definition) is 5. The van der Waals surface area contributed by atoms with Crippen molar-refractivity contribution >= 4 is 11.5 Å². The monoisotopic (exact) mass is 232 g/mol. The van der Waals surface area contributed by atoms with Crippen LogP contribution in [0.15, 0.2) is 12.3 Å². The summed E-state index contributed by atoms with van der Waals surface area (Å²) >= 11 is 0. The Kier molecular flexibility index (Phi) is 3.78. The lowest BCUT2D eigenvalue weighted by Crippen LogP contribution is -2.23. The highest BCUT2D eigenvalue weighted by Gasteiger charge is 2.14. The van der Waals surface area contributed by atoms with Gasteiger partial charge in [0.15, 0.2) is 0 Å². The molecule has 1 fully saturated rings. The van der Waals surface area contributed by atoms with Crippen molar-refractivity contribution in [3.05, 3.63) is 17.8 Å². The minimum Gasteiger partial charge on any atom is -0.384 e. The maximum absolute atomic E-state index is 8.96. The predicted molar refractivity (Wildman–Crippen MR) is 65.4 cm³/mol. The van der Waals surface area contributed by atoms with Crippen LogP contribution in [0.1, 0.15) is 18.4 Å². The lowest BCUT2D eigenvalue weighted by molar-refractivity contribution is 0.0699. The number of anilines is 2. The minimum atomic E-state index is 0.429. The van der Waals surface area contributed by atoms with Gasteiger partial charge in [-0.1, -0.05) is 0 Å². The molecule has 1 aliphatic heterocycles. The van der Waals surface area contributed by atoms with Crippen molar-refractivity contribution in [2.75, 3.05) is 30.8 Å². The molecule has 17 heavy (non-hydrogen) atoms. The Labute approximate surface area is 101 Å². The summed E-state index contributed by atoms with van der Waals surface area (Å²) in [7, 11) is 0. The van der Waals surface area contributed by atoms with Crippen LogP contribution in [0.2, 0.25) is 0 Å². The third-order valence-electron chi connectivity index (χ3n) is 2.97. The molecule has 0 aliphatic carbocycles. The van der Waals surface area contributed by atoms with Gasteiger partial charge in [-0.2, -0.15) is 5.26 Å². The normalized spacial score (nSPS) is 16.4. The standard InChI is InChI=1S/C12H16N4O/c13-6-10-8-16-12(14)5-11(10)15-7-9-1-3-17-4-2-9/h5,8-9H,1-4,7H2,(H3,14,15,16). The van der Waals surface area contributed by atoms with Crippen molar-refractivity contribution in [2.24, 2.45) is 5.92 Å². The second-order valence-corrected chi connectivity index (χ2v) is 4.20. The second-order valence-electron chi connectivity index (χ2n) is 4.20. The first-order chi connectivity index (χ1) is 8.29. The van der Waals surface area contributed by atoms with E-state index in [0.29, 0.717) is 17.3 Å². The molecule has 1 saturated heterocycles. The lowest BCUT2D eigenvalue weighted by atomic mass is 10.0. The fourth-order valence-corrected chi connectivity index (χ4v) is 1.91. The van der Waals surface area contributed by atoms with Crippen LogP contribution < -0.4 is 11.1 Å². The Bertz CT molecular complexity index is 421. The molecule has 5 heteroatoms. The molecule has 2 rings (SSSR count). The largest absolute Gasteiger partial charge is 0.384 e. The number of rotatable bonds is 3. The zero-order valence-electron chi connectivity index (χ0n) is 9.65. The van der Waals surface area contributed by atoms with E-state index in [9.17, 15) is 0 Å². The zero-order chi connectivity index (χ0) is 12.1. The summed E-state index contributed by atoms with van der Waals surface area (Å²) in [5, 5.41) is 12.2. The number of ether oxygens (including phenoxy) is 1. The van der Waals surface area contributed by atoms with E-state index in [-0.39, 0.29) is 0 Å². The van der Waals surface area contributed by atoms with E-state index >= 15 is 0 Å². The molecule has 3 N–H and O–H groups in total. The van der Waals surface area contributed by atoms with Crippen LogP contribution in [-0.4, -0.2) is 24.7 Å². The maximum Gasteiger partial charge on any atom is 0.125 e. The lowest BCUT2D eigenvalue weighted by Gasteiger charge is -2.22. The van der Waals surface area contributed by atoms with Gasteiger partial charge in [0, 0.05) is 32.0 Å². The molecule has 0 bridgehead atoms. The number of nitrogen functional groups attached to an aromatic ring is 1. The summed E-state index contributed by atoms with van der Waals surface area (Å²) < 4.78 is 5.31. The zero-order valence-corrected chi connectivity index (χ0v) is 9.65. The van der Waals surface area contributed by atoms with E-state index in [2.05, 4.69) is 16.4 Å². The third-order valence-corrected chi connectivity index (χ3v) is 2.97. The van der Waals surface area contributed by atoms with Gasteiger partial charge in [0.1, 0.15) is 11.9 Å². The average Bonchev–Trinajstić information content (AvgIpc) is 2.38. The van der Waals surface area contributed by atoms with Gasteiger partial charge < -0.3 is 15.8 Å². The van der Waals surface area contributed by atoms with E-state index < -0.39 is 0 Å². The Balaban J connectivity index is 1.98. The highest BCUT2D eigenvalue weighted by Crippen LogP contribution is 2.19. The average molecular weight is 232 g/mol. The van der Waals surface area contributed by atoms with E-state index in [4.69, 9.17) is 15.7 Å². The minimum absolute atomic E-state index is 0.429. The Morgan fingerprint density at radius 1 is 1.53 bits per heavy atom. The molecule has 0 aromatic carbocycles. The topological polar surface area (TPSA) is 84.0 Å². The van der Waals surface area contributed by atoms with Crippen LogP contribution in [0.3, 0.4) is 0 Å². The fraction of sp³-hybridized carbons (Fsp3) is 0.500. The van der Waals surface area contributed by atoms with Gasteiger partial charge in [-0.3, -0.25) is 0 Å². The van der Waals surface area contributed by atoms with Crippen molar-refractivity contribution in [2.45, 2.75) is 12.8 Å². The molecule has 0 saturated carbocycles. The number of aromatic nitrogens is 1. The van der Waals surface area contributed by atoms with E-state index in [1.54, 1.807) is 6.07 Å². The summed E-state index contributed by atoms with van der Waals surface area (Å²) in [6.07, 6.45) is 3.63. The van der Waals surface area contributed by atoms with Gasteiger partial charge in [0.05, 0.1) is 11.3 Å². The molecule has 0 spiro atoms. The first-order valence-corrected chi connectivity index (χ1v) is 5.77. The summed E-state index contributed by atoms with van der Waals surface area (Å²) in [5.74, 6) is 1.03. The van der Waals surface area contributed by atoms with Crippen LogP contribution in [0, 0.1) is 17.2 Å². The van der Waals surface area contributed by atoms with Crippen LogP contribution in [0.5, 0.6) is 0 Å². The van der Waals surface area contributed by atoms with Crippen molar-refractivity contribution in [1.29, 1.82) is 5.26 Å². The molecule has 0 atom stereocenters. The highest BCUT2D eigenvalue weighted by molar-refractivity contribution is 5.60. The number of nitrogens with two attached hydrogens (primary N) is 1. The molecular formula is C12H16N4O. The van der Waals surface area contributed by atoms with Crippen LogP contribution in [-0.2, 0) is 4.74 Å². The third kappa shape index (κ3) is 3.08. The molecular weight excluding hydrogens is 216 g/mol. The smallest absolute Gasteiger partial charge is 0.125 e. The molecule has 1 aliphatic rings. The summed E-state index contributed by atoms with van der Waals surface area (Å²) in [5.41, 5.74) is 6.91. The second kappa shape index (κ2) is 5.51. The fourth-order valence-electron chi connectivity index (χ4n) is 1.91. The van der Waals surface area contributed by atoms with Crippen LogP contribution in [0.25, 0.3) is 0 Å². The number of nitrogens with one attached hydrogen (secondary N) is 1. The molecule has 0 unspecified atom stereocenters. The highest BCUT2D eigenvalue weighted by atomic mass is 16.5. The van der Waals surface area contributed by atoms with Crippen LogP contribution in [0.4, 0.5) is 11.5 Å². The Hall–Kier alpha value is -1.80. The van der Waals surface area contributed by atoms with E-state index in [0.717, 1.165) is 38.3 Å². The van der Waals surface area contributed by atoms with Crippen molar-refractivity contribution in [1.82, 2.24) is 4.98 Å². The molecule has 0 radical (unpaired) electrons. The quantitative estimate of drug-likeness (QED) is 0.822. The molecule has 90 valence electrons. The molecule has 5 nitrogen and oxygen atoms in total. The first-order valence-electron chi connectivity index (χ1n) is 5.77. The molecule has 1 aromatic heterocycles. The van der Waals surface area contributed by atoms with Gasteiger partial charge >= 0.3 is 0 Å². The Morgan fingerprint density at radius 3 is 3.00 bits per heavy atom. The van der Waals surface area contributed by atoms with Crippen molar-refractivity contribution < 1.29 is 4.74 Å². The van der Waals surface area contributed by atoms with Gasteiger partial charge in [-0.05, 0) is 18.8 Å². The van der Waals surface area contributed by atoms with Crippen molar-refractivity contribution in [3.63, 3.8) is 0 Å². The number of nitriles is 1. The summed E-state index contributed by atoms with van der Waals surface area (Å²) in [4.78, 5) is 3.90. The van der Waals surface area contributed by atoms with Gasteiger partial charge in [0.2, 0.25) is 0 Å². The van der Waals surface area contributed by atoms with E-state index in [1.165, 1.54) is 6.20 Å². The predicted octanol–water partition coefficient (Wildman–Crippen LogP) is 1.37. The maximum atomic E-state index is 8.96. The number of pyridine rings is 1. The molecule has 0 amide bonds. The number of nitrogens with zero attached hydrogens (tertiary/aromatic N) is 2. The van der Waals surface area contributed by atoms with Gasteiger partial charge in [-0.25, -0.2) is 4.98 Å². The SMILES string of the molecule is N#Cc1cnc(N)cc1NCC1CCOCC1. The molecule has 1 aromatic rings. The first kappa shape index (κ1) is 11.7.